The van der Waals surface area contributed by atoms with Crippen LogP contribution in [-0.4, -0.2) is 0 Å². The fourth-order valence-corrected chi connectivity index (χ4v) is 28.6. The first kappa shape index (κ1) is 98.8. The second-order valence-corrected chi connectivity index (χ2v) is 49.8. The zero-order chi connectivity index (χ0) is 100. The van der Waals surface area contributed by atoms with Gasteiger partial charge in [0.15, 0.2) is 0 Å². The molecule has 1 aliphatic carbocycles. The van der Waals surface area contributed by atoms with E-state index in [-0.39, 0.29) is 5.41 Å². The second-order valence-electron chi connectivity index (χ2n) is 36.9. The van der Waals surface area contributed by atoms with Crippen LogP contribution in [0.15, 0.2) is 523 Å². The van der Waals surface area contributed by atoms with Gasteiger partial charge in [0.05, 0.1) is 0 Å². The highest BCUT2D eigenvalue weighted by Gasteiger charge is 2.36. The van der Waals surface area contributed by atoms with Gasteiger partial charge >= 0.3 is 0 Å². The van der Waals surface area contributed by atoms with E-state index in [1.165, 1.54) is 232 Å². The lowest BCUT2D eigenvalue weighted by atomic mass is 9.81. The number of fused-ring (bicyclic) bond motifs is 21. The summed E-state index contributed by atoms with van der Waals surface area (Å²) in [6.07, 6.45) is 0. The standard InChI is InChI=1S/C27H19BrS.C24H15BrS.3C18H11BrS.C18H13Br.C12H7BrS/c1-27(2)23-14-17(7-10-19(23)20-11-9-18(28)15-24(20)27)16-8-12-26-22(13-16)21-5-3-4-6-25(21)29-26;25-20-12-9-17(10-13-20)16-5-7-18(8-6-16)19-11-14-24-22(15-19)21-3-1-2-4-23(21)26-24;19-14-5-3-4-12(10-14)13-8-9-18-16(11-13)15-6-1-2-7-17(15)20-18;19-13-10-8-12(9-11-13)14-5-3-6-16-15-4-1-2-7-17(15)20-18(14)16;19-14-8-5-12(6-9-14)13-7-10-18-16(11-13)15-3-1-2-4-17(15)20-18;19-18-11-9-15(10-12-18)17-8-4-7-16(13-17)14-5-2-1-3-6-14;13-8-5-6-12-10(7-8)9-3-1-2-4-11(9)14-12/h3-15H,1-2H3;1-15H;3*1-11H;1-13H;1-7H. The molecule has 0 radical (unpaired) electrons. The van der Waals surface area contributed by atoms with Crippen LogP contribution in [-0.2, 0) is 5.41 Å². The van der Waals surface area contributed by atoms with Crippen LogP contribution in [0.3, 0.4) is 0 Å². The molecule has 148 heavy (non-hydrogen) atoms. The summed E-state index contributed by atoms with van der Waals surface area (Å²) in [4.78, 5) is 0. The number of hydrogen-bond acceptors (Lipinski definition) is 6. The molecule has 0 nitrogen and oxygen atoms in total. The van der Waals surface area contributed by atoms with E-state index >= 15 is 0 Å². The molecule has 0 spiro atoms. The molecule has 0 fully saturated rings. The SMILES string of the molecule is Brc1ccc(-c2ccc(-c3ccc4sc5ccccc5c4c3)cc2)cc1.Brc1ccc(-c2ccc3sc4ccccc4c3c2)cc1.Brc1ccc(-c2cccc(-c3ccccc3)c2)cc1.Brc1ccc(-c2cccc3c2sc2ccccc23)cc1.Brc1ccc2sc3ccccc3c2c1.Brc1cccc(-c2ccc3sc4ccccc4c3c2)c1.CC1(C)c2cc(Br)ccc2-c2ccc(-c3ccc4sc5ccccc5c4c3)cc21. The van der Waals surface area contributed by atoms with Crippen molar-refractivity contribution in [3.8, 4) is 100 Å². The molecule has 1 aliphatic rings. The molecule has 13 heteroatoms. The van der Waals surface area contributed by atoms with Gasteiger partial charge in [0.2, 0.25) is 0 Å². The van der Waals surface area contributed by atoms with Crippen LogP contribution < -0.4 is 0 Å². The summed E-state index contributed by atoms with van der Waals surface area (Å²) in [7, 11) is 0. The Balaban J connectivity index is 0.0000000958. The number of hydrogen-bond donors (Lipinski definition) is 0. The third-order valence-electron chi connectivity index (χ3n) is 27.3. The summed E-state index contributed by atoms with van der Waals surface area (Å²) in [5.74, 6) is 0. The minimum absolute atomic E-state index is 0.00361. The highest BCUT2D eigenvalue weighted by atomic mass is 79.9. The van der Waals surface area contributed by atoms with Gasteiger partial charge < -0.3 is 0 Å². The van der Waals surface area contributed by atoms with Crippen molar-refractivity contribution in [2.45, 2.75) is 19.3 Å². The van der Waals surface area contributed by atoms with Crippen LogP contribution in [0.5, 0.6) is 0 Å². The molecular formula is C135H87Br7S6. The van der Waals surface area contributed by atoms with E-state index < -0.39 is 0 Å². The van der Waals surface area contributed by atoms with Crippen molar-refractivity contribution in [1.29, 1.82) is 0 Å². The van der Waals surface area contributed by atoms with Gasteiger partial charge in [-0.15, -0.1) is 68.0 Å². The second kappa shape index (κ2) is 44.0. The number of rotatable bonds is 8. The Morgan fingerprint density at radius 1 is 0.135 bits per heavy atom. The Bertz CT molecular complexity index is 9770. The van der Waals surface area contributed by atoms with Gasteiger partial charge in [-0.2, -0.15) is 0 Å². The molecular weight excluding hydrogens is 2370 g/mol. The Morgan fingerprint density at radius 3 is 0.770 bits per heavy atom. The quantitative estimate of drug-likeness (QED) is 0.142. The summed E-state index contributed by atoms with van der Waals surface area (Å²) >= 11 is 35.8. The lowest BCUT2D eigenvalue weighted by Crippen LogP contribution is -2.15. The van der Waals surface area contributed by atoms with Gasteiger partial charge in [-0.3, -0.25) is 0 Å². The first-order valence-corrected chi connectivity index (χ1v) is 59.0. The maximum absolute atomic E-state index is 3.65. The average molecular weight is 2460 g/mol. The summed E-state index contributed by atoms with van der Waals surface area (Å²) in [5, 5.41) is 16.2. The highest BCUT2D eigenvalue weighted by Crippen LogP contribution is 2.52. The first-order valence-electron chi connectivity index (χ1n) is 48.6. The fourth-order valence-electron chi connectivity index (χ4n) is 19.8. The molecule has 29 rings (SSSR count). The zero-order valence-corrected chi connectivity index (χ0v) is 95.9. The van der Waals surface area contributed by atoms with E-state index in [4.69, 9.17) is 0 Å². The van der Waals surface area contributed by atoms with Gasteiger partial charge in [-0.25, -0.2) is 0 Å². The molecule has 0 saturated carbocycles. The largest absolute Gasteiger partial charge is 0.135 e. The topological polar surface area (TPSA) is 0 Å². The van der Waals surface area contributed by atoms with E-state index in [0.717, 1.165) is 31.3 Å². The van der Waals surface area contributed by atoms with Crippen molar-refractivity contribution in [3.63, 3.8) is 0 Å². The number of thiophene rings is 6. The molecule has 0 amide bonds. The number of halogens is 7. The van der Waals surface area contributed by atoms with E-state index in [1.807, 2.05) is 74.1 Å². The van der Waals surface area contributed by atoms with Gasteiger partial charge in [0.1, 0.15) is 0 Å². The summed E-state index contributed by atoms with van der Waals surface area (Å²) < 4.78 is 24.1. The van der Waals surface area contributed by atoms with E-state index in [2.05, 4.69) is 611 Å². The van der Waals surface area contributed by atoms with Crippen LogP contribution >= 0.6 is 180 Å². The minimum atomic E-state index is 0.00361. The van der Waals surface area contributed by atoms with Crippen molar-refractivity contribution in [3.05, 3.63) is 534 Å². The predicted molar refractivity (Wildman–Crippen MR) is 677 cm³/mol. The lowest BCUT2D eigenvalue weighted by Gasteiger charge is -2.22. The molecule has 0 aliphatic heterocycles. The van der Waals surface area contributed by atoms with Crippen molar-refractivity contribution >= 4 is 301 Å². The Labute approximate surface area is 943 Å². The van der Waals surface area contributed by atoms with Crippen LogP contribution in [0, 0.1) is 0 Å². The highest BCUT2D eigenvalue weighted by molar-refractivity contribution is 9.11. The molecule has 712 valence electrons. The normalized spacial score (nSPS) is 11.7. The zero-order valence-electron chi connectivity index (χ0n) is 79.9. The van der Waals surface area contributed by atoms with Gasteiger partial charge in [-0.05, 0) is 299 Å². The molecule has 0 bridgehead atoms. The van der Waals surface area contributed by atoms with Crippen molar-refractivity contribution in [2.75, 3.05) is 0 Å². The van der Waals surface area contributed by atoms with Gasteiger partial charge in [-0.1, -0.05) is 429 Å². The summed E-state index contributed by atoms with van der Waals surface area (Å²) in [6.45, 7) is 4.67. The van der Waals surface area contributed by atoms with Crippen LogP contribution in [0.1, 0.15) is 25.0 Å². The molecule has 6 heterocycles. The van der Waals surface area contributed by atoms with E-state index in [0.29, 0.717) is 0 Å². The summed E-state index contributed by atoms with van der Waals surface area (Å²) in [6, 6.07) is 176. The Morgan fingerprint density at radius 2 is 0.365 bits per heavy atom. The van der Waals surface area contributed by atoms with Gasteiger partial charge in [0, 0.05) is 158 Å². The molecule has 0 saturated heterocycles. The fraction of sp³-hybridized carbons (Fsp3) is 0.0222. The predicted octanol–water partition coefficient (Wildman–Crippen LogP) is 47.0. The molecule has 28 aromatic rings. The van der Waals surface area contributed by atoms with Crippen LogP contribution in [0.4, 0.5) is 0 Å². The van der Waals surface area contributed by atoms with E-state index in [9.17, 15) is 0 Å². The molecule has 6 aromatic heterocycles. The molecule has 22 aromatic carbocycles. The monoisotopic (exact) mass is 2450 g/mol. The van der Waals surface area contributed by atoms with E-state index in [1.54, 1.807) is 0 Å². The van der Waals surface area contributed by atoms with Crippen molar-refractivity contribution in [2.24, 2.45) is 0 Å². The van der Waals surface area contributed by atoms with Crippen molar-refractivity contribution < 1.29 is 0 Å². The maximum atomic E-state index is 3.65. The lowest BCUT2D eigenvalue weighted by molar-refractivity contribution is 0.660. The Hall–Kier alpha value is -12.5. The van der Waals surface area contributed by atoms with Gasteiger partial charge in [0.25, 0.3) is 0 Å². The van der Waals surface area contributed by atoms with Crippen LogP contribution in [0.25, 0.3) is 221 Å². The molecule has 0 unspecified atom stereocenters. The first-order chi connectivity index (χ1) is 72.4. The molecule has 0 N–H and O–H groups in total. The Kier molecular flexibility index (Phi) is 29.4. The third kappa shape index (κ3) is 21.2. The maximum Gasteiger partial charge on any atom is 0.0433 e. The summed E-state index contributed by atoms with van der Waals surface area (Å²) in [5.41, 5.74) is 25.7. The van der Waals surface area contributed by atoms with Crippen molar-refractivity contribution in [1.82, 2.24) is 0 Å². The average Bonchev–Trinajstić information content (AvgIpc) is 1.57. The number of benzene rings is 22. The van der Waals surface area contributed by atoms with Crippen LogP contribution in [0.2, 0.25) is 0 Å². The molecule has 0 atom stereocenters. The third-order valence-corrected chi connectivity index (χ3v) is 37.8. The smallest absolute Gasteiger partial charge is 0.0433 e. The minimum Gasteiger partial charge on any atom is -0.135 e.